The summed E-state index contributed by atoms with van der Waals surface area (Å²) in [5.41, 5.74) is 3.59. The molecule has 5 nitrogen and oxygen atoms in total. The van der Waals surface area contributed by atoms with Crippen molar-refractivity contribution in [1.82, 2.24) is 14.3 Å². The number of hydrogen-bond acceptors (Lipinski definition) is 2. The van der Waals surface area contributed by atoms with Crippen molar-refractivity contribution < 1.29 is 4.79 Å². The Bertz CT molecular complexity index is 861. The second-order valence-electron chi connectivity index (χ2n) is 5.43. The summed E-state index contributed by atoms with van der Waals surface area (Å²) in [5.74, 6) is 0.395. The Kier molecular flexibility index (Phi) is 4.09. The van der Waals surface area contributed by atoms with Crippen LogP contribution in [0.25, 0.3) is 5.69 Å². The third kappa shape index (κ3) is 3.07. The molecule has 118 valence electrons. The molecule has 0 fully saturated rings. The van der Waals surface area contributed by atoms with Crippen LogP contribution in [0.4, 0.5) is 5.82 Å². The second kappa shape index (κ2) is 6.04. The topological polar surface area (TPSA) is 51.9 Å². The van der Waals surface area contributed by atoms with Gasteiger partial charge in [0, 0.05) is 40.9 Å². The number of aromatic nitrogens is 3. The Morgan fingerprint density at radius 1 is 1.17 bits per heavy atom. The Morgan fingerprint density at radius 2 is 1.87 bits per heavy atom. The van der Waals surface area contributed by atoms with Crippen LogP contribution in [-0.4, -0.2) is 20.3 Å². The Balaban J connectivity index is 1.94. The van der Waals surface area contributed by atoms with Gasteiger partial charge in [0.1, 0.15) is 0 Å². The molecule has 0 atom stereocenters. The molecule has 1 aromatic carbocycles. The fraction of sp³-hybridized carbons (Fsp3) is 0.176. The first kappa shape index (κ1) is 15.6. The van der Waals surface area contributed by atoms with Crippen molar-refractivity contribution in [3.63, 3.8) is 0 Å². The molecule has 2 aromatic heterocycles. The molecule has 1 N–H and O–H groups in total. The molecule has 0 saturated heterocycles. The highest BCUT2D eigenvalue weighted by Gasteiger charge is 2.17. The van der Waals surface area contributed by atoms with Gasteiger partial charge in [-0.25, -0.2) is 0 Å². The molecule has 0 spiro atoms. The zero-order chi connectivity index (χ0) is 16.6. The van der Waals surface area contributed by atoms with Gasteiger partial charge in [-0.3, -0.25) is 9.48 Å². The molecule has 1 amide bonds. The summed E-state index contributed by atoms with van der Waals surface area (Å²) < 4.78 is 4.75. The van der Waals surface area contributed by atoms with E-state index >= 15 is 0 Å². The first-order valence-electron chi connectivity index (χ1n) is 7.21. The zero-order valence-electron chi connectivity index (χ0n) is 13.2. The highest BCUT2D eigenvalue weighted by molar-refractivity contribution is 9.10. The second-order valence-corrected chi connectivity index (χ2v) is 6.34. The summed E-state index contributed by atoms with van der Waals surface area (Å²) in [4.78, 5) is 12.5. The van der Waals surface area contributed by atoms with Crippen molar-refractivity contribution in [1.29, 1.82) is 0 Å². The van der Waals surface area contributed by atoms with E-state index < -0.39 is 0 Å². The number of nitrogens with one attached hydrogen (secondary N) is 1. The van der Waals surface area contributed by atoms with Gasteiger partial charge >= 0.3 is 0 Å². The zero-order valence-corrected chi connectivity index (χ0v) is 14.8. The predicted molar refractivity (Wildman–Crippen MR) is 94.1 cm³/mol. The minimum Gasteiger partial charge on any atom is -0.318 e. The summed E-state index contributed by atoms with van der Waals surface area (Å²) in [7, 11) is 1.81. The number of halogens is 1. The van der Waals surface area contributed by atoms with E-state index in [-0.39, 0.29) is 5.91 Å². The number of anilines is 1. The smallest absolute Gasteiger partial charge is 0.258 e. The van der Waals surface area contributed by atoms with Gasteiger partial charge in [-0.05, 0) is 44.2 Å². The fourth-order valence-electron chi connectivity index (χ4n) is 2.65. The monoisotopic (exact) mass is 372 g/mol. The molecule has 23 heavy (non-hydrogen) atoms. The number of aryl methyl sites for hydroxylation is 2. The van der Waals surface area contributed by atoms with E-state index in [4.69, 9.17) is 0 Å². The van der Waals surface area contributed by atoms with Crippen LogP contribution in [0.5, 0.6) is 0 Å². The van der Waals surface area contributed by atoms with Crippen LogP contribution in [0.15, 0.2) is 47.1 Å². The van der Waals surface area contributed by atoms with Gasteiger partial charge in [0.2, 0.25) is 0 Å². The highest BCUT2D eigenvalue weighted by Crippen LogP contribution is 2.23. The summed E-state index contributed by atoms with van der Waals surface area (Å²) in [6, 6.07) is 11.7. The van der Waals surface area contributed by atoms with Gasteiger partial charge < -0.3 is 9.88 Å². The van der Waals surface area contributed by atoms with Gasteiger partial charge in [-0.1, -0.05) is 15.9 Å². The summed E-state index contributed by atoms with van der Waals surface area (Å²) in [6.07, 6.45) is 1.79. The Hall–Kier alpha value is -2.34. The summed E-state index contributed by atoms with van der Waals surface area (Å²) >= 11 is 3.44. The van der Waals surface area contributed by atoms with E-state index in [2.05, 4.69) is 30.9 Å². The van der Waals surface area contributed by atoms with E-state index in [1.807, 2.05) is 51.2 Å². The molecule has 0 unspecified atom stereocenters. The van der Waals surface area contributed by atoms with Crippen LogP contribution in [0.2, 0.25) is 0 Å². The minimum atomic E-state index is -0.153. The number of carbonyl (C=O) groups excluding carboxylic acids is 1. The molecule has 0 aliphatic heterocycles. The maximum absolute atomic E-state index is 12.5. The van der Waals surface area contributed by atoms with Crippen molar-refractivity contribution in [2.45, 2.75) is 13.8 Å². The quantitative estimate of drug-likeness (QED) is 0.759. The molecule has 0 aliphatic carbocycles. The third-order valence-electron chi connectivity index (χ3n) is 3.72. The van der Waals surface area contributed by atoms with Crippen molar-refractivity contribution in [3.8, 4) is 5.69 Å². The number of carbonyl (C=O) groups is 1. The van der Waals surface area contributed by atoms with Crippen LogP contribution in [0.3, 0.4) is 0 Å². The Morgan fingerprint density at radius 3 is 2.48 bits per heavy atom. The number of hydrogen-bond donors (Lipinski definition) is 1. The van der Waals surface area contributed by atoms with E-state index in [9.17, 15) is 4.79 Å². The molecule has 0 bridgehead atoms. The first-order valence-corrected chi connectivity index (χ1v) is 8.01. The van der Waals surface area contributed by atoms with Crippen LogP contribution in [-0.2, 0) is 7.05 Å². The van der Waals surface area contributed by atoms with Crippen molar-refractivity contribution in [3.05, 3.63) is 64.0 Å². The van der Waals surface area contributed by atoms with Gasteiger partial charge in [-0.2, -0.15) is 5.10 Å². The first-order chi connectivity index (χ1) is 11.0. The summed E-state index contributed by atoms with van der Waals surface area (Å²) in [5, 5.41) is 7.00. The average molecular weight is 373 g/mol. The molecule has 0 aliphatic rings. The maximum atomic E-state index is 12.5. The van der Waals surface area contributed by atoms with Crippen molar-refractivity contribution in [2.75, 3.05) is 5.32 Å². The average Bonchev–Trinajstić information content (AvgIpc) is 3.04. The van der Waals surface area contributed by atoms with Gasteiger partial charge in [-0.15, -0.1) is 0 Å². The highest BCUT2D eigenvalue weighted by atomic mass is 79.9. The lowest BCUT2D eigenvalue weighted by Crippen LogP contribution is -2.13. The van der Waals surface area contributed by atoms with E-state index in [0.717, 1.165) is 21.5 Å². The lowest BCUT2D eigenvalue weighted by Gasteiger charge is -2.10. The van der Waals surface area contributed by atoms with Crippen LogP contribution >= 0.6 is 15.9 Å². The number of rotatable bonds is 3. The molecule has 6 heteroatoms. The molecule has 3 aromatic rings. The van der Waals surface area contributed by atoms with Crippen LogP contribution < -0.4 is 5.32 Å². The SMILES string of the molecule is Cc1cc(C(=O)Nc2ccn(C)n2)c(C)n1-c1ccc(Br)cc1. The van der Waals surface area contributed by atoms with Crippen LogP contribution in [0.1, 0.15) is 21.7 Å². The minimum absolute atomic E-state index is 0.153. The fourth-order valence-corrected chi connectivity index (χ4v) is 2.91. The van der Waals surface area contributed by atoms with Gasteiger partial charge in [0.15, 0.2) is 5.82 Å². The normalized spacial score (nSPS) is 10.8. The van der Waals surface area contributed by atoms with E-state index in [0.29, 0.717) is 11.4 Å². The van der Waals surface area contributed by atoms with Crippen LogP contribution in [0, 0.1) is 13.8 Å². The molecular weight excluding hydrogens is 356 g/mol. The maximum Gasteiger partial charge on any atom is 0.258 e. The lowest BCUT2D eigenvalue weighted by molar-refractivity contribution is 0.102. The van der Waals surface area contributed by atoms with Gasteiger partial charge in [0.05, 0.1) is 5.56 Å². The summed E-state index contributed by atoms with van der Waals surface area (Å²) in [6.45, 7) is 3.94. The number of nitrogens with zero attached hydrogens (tertiary/aromatic N) is 3. The Labute approximate surface area is 143 Å². The number of benzene rings is 1. The van der Waals surface area contributed by atoms with Crippen molar-refractivity contribution >= 4 is 27.7 Å². The molecule has 0 saturated carbocycles. The molecular formula is C17H17BrN4O. The van der Waals surface area contributed by atoms with E-state index in [1.165, 1.54) is 0 Å². The third-order valence-corrected chi connectivity index (χ3v) is 4.24. The lowest BCUT2D eigenvalue weighted by atomic mass is 10.2. The number of amides is 1. The largest absolute Gasteiger partial charge is 0.318 e. The van der Waals surface area contributed by atoms with Gasteiger partial charge in [0.25, 0.3) is 5.91 Å². The predicted octanol–water partition coefficient (Wildman–Crippen LogP) is 3.84. The molecule has 2 heterocycles. The molecule has 3 rings (SSSR count). The van der Waals surface area contributed by atoms with E-state index in [1.54, 1.807) is 16.9 Å². The molecule has 0 radical (unpaired) electrons. The standard InChI is InChI=1S/C17H17BrN4O/c1-11-10-15(17(23)19-16-8-9-21(3)20-16)12(2)22(11)14-6-4-13(18)5-7-14/h4-10H,1-3H3,(H,19,20,23). The van der Waals surface area contributed by atoms with Crippen molar-refractivity contribution in [2.24, 2.45) is 7.05 Å².